The molecule has 0 bridgehead atoms. The van der Waals surface area contributed by atoms with Crippen LogP contribution in [0.4, 0.5) is 0 Å². The molecule has 0 fully saturated rings. The Morgan fingerprint density at radius 3 is 2.47 bits per heavy atom. The highest BCUT2D eigenvalue weighted by molar-refractivity contribution is 5.06. The van der Waals surface area contributed by atoms with Gasteiger partial charge in [-0.1, -0.05) is 20.8 Å². The molecule has 0 saturated carbocycles. The fraction of sp³-hybridized carbons (Fsp3) is 0.750. The summed E-state index contributed by atoms with van der Waals surface area (Å²) in [6.07, 6.45) is 0. The summed E-state index contributed by atoms with van der Waals surface area (Å²) in [6.45, 7) is 12.8. The van der Waals surface area contributed by atoms with Gasteiger partial charge in [0.25, 0.3) is 0 Å². The molecule has 0 spiro atoms. The van der Waals surface area contributed by atoms with Crippen LogP contribution in [0.2, 0.25) is 0 Å². The molecule has 3 nitrogen and oxygen atoms in total. The van der Waals surface area contributed by atoms with E-state index in [-0.39, 0.29) is 0 Å². The van der Waals surface area contributed by atoms with Gasteiger partial charge in [0.1, 0.15) is 0 Å². The third-order valence-corrected chi connectivity index (χ3v) is 2.74. The summed E-state index contributed by atoms with van der Waals surface area (Å²) in [7, 11) is 0. The van der Waals surface area contributed by atoms with Gasteiger partial charge in [-0.15, -0.1) is 0 Å². The van der Waals surface area contributed by atoms with Crippen molar-refractivity contribution in [2.45, 2.75) is 47.2 Å². The second kappa shape index (κ2) is 5.31. The Bertz CT molecular complexity index is 302. The summed E-state index contributed by atoms with van der Waals surface area (Å²) in [5.74, 6) is 0.633. The number of hydrogen-bond acceptors (Lipinski definition) is 2. The summed E-state index contributed by atoms with van der Waals surface area (Å²) in [5, 5.41) is 8.00. The van der Waals surface area contributed by atoms with Crippen molar-refractivity contribution in [3.8, 4) is 0 Å². The van der Waals surface area contributed by atoms with Gasteiger partial charge in [0.05, 0.1) is 12.2 Å². The molecular weight excluding hydrogens is 186 g/mol. The molecule has 0 aliphatic carbocycles. The quantitative estimate of drug-likeness (QED) is 0.805. The second-order valence-corrected chi connectivity index (χ2v) is 4.52. The largest absolute Gasteiger partial charge is 0.312 e. The molecule has 1 aromatic heterocycles. The van der Waals surface area contributed by atoms with Crippen LogP contribution in [-0.4, -0.2) is 22.4 Å². The lowest BCUT2D eigenvalue weighted by atomic mass is 10.0. The molecule has 0 aliphatic heterocycles. The predicted octanol–water partition coefficient (Wildman–Crippen LogP) is 2.13. The topological polar surface area (TPSA) is 29.9 Å². The van der Waals surface area contributed by atoms with Crippen LogP contribution < -0.4 is 5.32 Å². The fourth-order valence-electron chi connectivity index (χ4n) is 1.82. The van der Waals surface area contributed by atoms with Gasteiger partial charge in [0.15, 0.2) is 0 Å². The summed E-state index contributed by atoms with van der Waals surface area (Å²) in [4.78, 5) is 0. The summed E-state index contributed by atoms with van der Waals surface area (Å²) >= 11 is 0. The van der Waals surface area contributed by atoms with Crippen LogP contribution in [0.15, 0.2) is 6.07 Å². The average molecular weight is 209 g/mol. The standard InChI is InChI=1S/C12H23N3/c1-6-13-12(9(2)3)8-15-11(5)7-10(4)14-15/h7,9,12-13H,6,8H2,1-5H3. The zero-order valence-electron chi connectivity index (χ0n) is 10.5. The van der Waals surface area contributed by atoms with E-state index in [9.17, 15) is 0 Å². The lowest BCUT2D eigenvalue weighted by Gasteiger charge is -2.22. The van der Waals surface area contributed by atoms with Gasteiger partial charge in [0, 0.05) is 11.7 Å². The maximum atomic E-state index is 4.49. The normalized spacial score (nSPS) is 13.5. The fourth-order valence-corrected chi connectivity index (χ4v) is 1.82. The Labute approximate surface area is 92.9 Å². The van der Waals surface area contributed by atoms with E-state index in [2.05, 4.69) is 48.9 Å². The molecule has 0 radical (unpaired) electrons. The Morgan fingerprint density at radius 1 is 1.40 bits per heavy atom. The first-order chi connectivity index (χ1) is 7.04. The van der Waals surface area contributed by atoms with Crippen molar-refractivity contribution in [3.63, 3.8) is 0 Å². The lowest BCUT2D eigenvalue weighted by molar-refractivity contribution is 0.345. The van der Waals surface area contributed by atoms with Crippen LogP contribution in [0.3, 0.4) is 0 Å². The Morgan fingerprint density at radius 2 is 2.07 bits per heavy atom. The van der Waals surface area contributed by atoms with Gasteiger partial charge in [-0.25, -0.2) is 0 Å². The highest BCUT2D eigenvalue weighted by Crippen LogP contribution is 2.08. The molecule has 0 aliphatic rings. The molecule has 0 amide bonds. The van der Waals surface area contributed by atoms with E-state index in [1.165, 1.54) is 5.69 Å². The van der Waals surface area contributed by atoms with Gasteiger partial charge >= 0.3 is 0 Å². The maximum absolute atomic E-state index is 4.49. The van der Waals surface area contributed by atoms with Gasteiger partial charge < -0.3 is 5.32 Å². The lowest BCUT2D eigenvalue weighted by Crippen LogP contribution is -2.38. The third kappa shape index (κ3) is 3.34. The van der Waals surface area contributed by atoms with E-state index in [1.54, 1.807) is 0 Å². The van der Waals surface area contributed by atoms with Gasteiger partial charge in [-0.2, -0.15) is 5.10 Å². The maximum Gasteiger partial charge on any atom is 0.0596 e. The van der Waals surface area contributed by atoms with Gasteiger partial charge in [0.2, 0.25) is 0 Å². The first-order valence-electron chi connectivity index (χ1n) is 5.79. The smallest absolute Gasteiger partial charge is 0.0596 e. The number of aryl methyl sites for hydroxylation is 2. The van der Waals surface area contributed by atoms with Crippen molar-refractivity contribution in [3.05, 3.63) is 17.5 Å². The number of aromatic nitrogens is 2. The first-order valence-corrected chi connectivity index (χ1v) is 5.79. The molecule has 1 atom stereocenters. The number of hydrogen-bond donors (Lipinski definition) is 1. The molecule has 86 valence electrons. The minimum absolute atomic E-state index is 0.507. The zero-order valence-corrected chi connectivity index (χ0v) is 10.5. The van der Waals surface area contributed by atoms with Crippen molar-refractivity contribution in [1.29, 1.82) is 0 Å². The van der Waals surface area contributed by atoms with Gasteiger partial charge in [-0.05, 0) is 32.4 Å². The molecule has 0 aromatic carbocycles. The molecule has 1 heterocycles. The van der Waals surface area contributed by atoms with E-state index in [0.29, 0.717) is 12.0 Å². The van der Waals surface area contributed by atoms with Crippen LogP contribution >= 0.6 is 0 Å². The average Bonchev–Trinajstić information content (AvgIpc) is 2.44. The van der Waals surface area contributed by atoms with Crippen molar-refractivity contribution in [1.82, 2.24) is 15.1 Å². The van der Waals surface area contributed by atoms with Crippen LogP contribution in [0.5, 0.6) is 0 Å². The SMILES string of the molecule is CCNC(Cn1nc(C)cc1C)C(C)C. The molecule has 1 aromatic rings. The number of likely N-dealkylation sites (N-methyl/N-ethyl adjacent to an activating group) is 1. The van der Waals surface area contributed by atoms with Crippen LogP contribution in [-0.2, 0) is 6.54 Å². The van der Waals surface area contributed by atoms with E-state index >= 15 is 0 Å². The van der Waals surface area contributed by atoms with Crippen LogP contribution in [0.1, 0.15) is 32.2 Å². The predicted molar refractivity (Wildman–Crippen MR) is 64.0 cm³/mol. The summed E-state index contributed by atoms with van der Waals surface area (Å²) in [6, 6.07) is 2.64. The summed E-state index contributed by atoms with van der Waals surface area (Å²) in [5.41, 5.74) is 2.35. The van der Waals surface area contributed by atoms with Crippen molar-refractivity contribution in [2.75, 3.05) is 6.54 Å². The first kappa shape index (κ1) is 12.2. The molecular formula is C12H23N3. The third-order valence-electron chi connectivity index (χ3n) is 2.74. The van der Waals surface area contributed by atoms with Crippen molar-refractivity contribution < 1.29 is 0 Å². The molecule has 1 unspecified atom stereocenters. The number of nitrogens with zero attached hydrogens (tertiary/aromatic N) is 2. The van der Waals surface area contributed by atoms with Crippen molar-refractivity contribution >= 4 is 0 Å². The van der Waals surface area contributed by atoms with Crippen LogP contribution in [0, 0.1) is 19.8 Å². The van der Waals surface area contributed by atoms with Crippen molar-refractivity contribution in [2.24, 2.45) is 5.92 Å². The minimum atomic E-state index is 0.507. The highest BCUT2D eigenvalue weighted by atomic mass is 15.3. The molecule has 15 heavy (non-hydrogen) atoms. The van der Waals surface area contributed by atoms with Gasteiger partial charge in [-0.3, -0.25) is 4.68 Å². The van der Waals surface area contributed by atoms with E-state index in [4.69, 9.17) is 0 Å². The molecule has 1 N–H and O–H groups in total. The summed E-state index contributed by atoms with van der Waals surface area (Å²) < 4.78 is 2.10. The van der Waals surface area contributed by atoms with E-state index in [0.717, 1.165) is 18.8 Å². The zero-order chi connectivity index (χ0) is 11.4. The Kier molecular flexibility index (Phi) is 4.33. The van der Waals surface area contributed by atoms with E-state index < -0.39 is 0 Å². The Hall–Kier alpha value is -0.830. The monoisotopic (exact) mass is 209 g/mol. The minimum Gasteiger partial charge on any atom is -0.312 e. The molecule has 0 saturated heterocycles. The number of nitrogens with one attached hydrogen (secondary N) is 1. The molecule has 3 heteroatoms. The Balaban J connectivity index is 2.69. The number of rotatable bonds is 5. The molecule has 1 rings (SSSR count). The van der Waals surface area contributed by atoms with Crippen LogP contribution in [0.25, 0.3) is 0 Å². The highest BCUT2D eigenvalue weighted by Gasteiger charge is 2.14. The second-order valence-electron chi connectivity index (χ2n) is 4.52. The van der Waals surface area contributed by atoms with E-state index in [1.807, 2.05) is 6.92 Å².